The van der Waals surface area contributed by atoms with E-state index in [9.17, 15) is 4.79 Å². The van der Waals surface area contributed by atoms with Crippen molar-refractivity contribution in [2.75, 3.05) is 0 Å². The van der Waals surface area contributed by atoms with Crippen molar-refractivity contribution in [1.29, 1.82) is 0 Å². The standard InChI is InChI=1S/C17H15NO2/c1-11(2)20-17(19)16-12-7-3-5-9-14(12)18-15-10-6-4-8-13(15)16/h3-11H,1-2H3. The van der Waals surface area contributed by atoms with Crippen molar-refractivity contribution in [2.24, 2.45) is 0 Å². The normalized spacial score (nSPS) is 11.2. The first-order valence-corrected chi connectivity index (χ1v) is 6.65. The number of aromatic nitrogens is 1. The topological polar surface area (TPSA) is 39.2 Å². The Morgan fingerprint density at radius 1 is 0.950 bits per heavy atom. The molecule has 0 spiro atoms. The number of ether oxygens (including phenoxy) is 1. The van der Waals surface area contributed by atoms with Gasteiger partial charge in [-0.3, -0.25) is 0 Å². The molecule has 0 aliphatic heterocycles. The maximum Gasteiger partial charge on any atom is 0.339 e. The predicted molar refractivity (Wildman–Crippen MR) is 79.8 cm³/mol. The summed E-state index contributed by atoms with van der Waals surface area (Å²) in [6.07, 6.45) is -0.145. The van der Waals surface area contributed by atoms with Gasteiger partial charge in [0.25, 0.3) is 0 Å². The Bertz CT molecular complexity index is 739. The van der Waals surface area contributed by atoms with Crippen LogP contribution in [0, 0.1) is 0 Å². The summed E-state index contributed by atoms with van der Waals surface area (Å²) in [5, 5.41) is 1.66. The zero-order chi connectivity index (χ0) is 14.1. The lowest BCUT2D eigenvalue weighted by molar-refractivity contribution is 0.0382. The van der Waals surface area contributed by atoms with E-state index in [-0.39, 0.29) is 12.1 Å². The molecule has 0 saturated heterocycles. The molecule has 1 aromatic heterocycles. The Kier molecular flexibility index (Phi) is 3.11. The van der Waals surface area contributed by atoms with E-state index in [1.807, 2.05) is 62.4 Å². The molecule has 0 fully saturated rings. The molecular weight excluding hydrogens is 250 g/mol. The van der Waals surface area contributed by atoms with Crippen LogP contribution in [0.5, 0.6) is 0 Å². The molecule has 0 aliphatic rings. The number of esters is 1. The number of pyridine rings is 1. The number of carbonyl (C=O) groups excluding carboxylic acids is 1. The molecule has 0 aliphatic carbocycles. The summed E-state index contributed by atoms with van der Waals surface area (Å²) in [7, 11) is 0. The molecule has 3 heteroatoms. The molecule has 1 heterocycles. The highest BCUT2D eigenvalue weighted by Crippen LogP contribution is 2.26. The number of hydrogen-bond acceptors (Lipinski definition) is 3. The van der Waals surface area contributed by atoms with Crippen molar-refractivity contribution >= 4 is 27.8 Å². The van der Waals surface area contributed by atoms with Crippen molar-refractivity contribution < 1.29 is 9.53 Å². The molecule has 0 radical (unpaired) electrons. The molecule has 3 aromatic rings. The second kappa shape index (κ2) is 4.93. The molecule has 3 rings (SSSR count). The smallest absolute Gasteiger partial charge is 0.339 e. The summed E-state index contributed by atoms with van der Waals surface area (Å²) in [5.41, 5.74) is 2.21. The average molecular weight is 265 g/mol. The zero-order valence-electron chi connectivity index (χ0n) is 11.5. The first-order chi connectivity index (χ1) is 9.66. The molecular formula is C17H15NO2. The molecule has 0 amide bonds. The quantitative estimate of drug-likeness (QED) is 0.520. The van der Waals surface area contributed by atoms with E-state index < -0.39 is 0 Å². The van der Waals surface area contributed by atoms with Gasteiger partial charge < -0.3 is 4.74 Å². The molecule has 0 atom stereocenters. The number of nitrogens with zero attached hydrogens (tertiary/aromatic N) is 1. The van der Waals surface area contributed by atoms with Crippen LogP contribution in [0.1, 0.15) is 24.2 Å². The second-order valence-corrected chi connectivity index (χ2v) is 4.98. The molecule has 0 bridgehead atoms. The van der Waals surface area contributed by atoms with E-state index in [0.29, 0.717) is 5.56 Å². The zero-order valence-corrected chi connectivity index (χ0v) is 11.5. The predicted octanol–water partition coefficient (Wildman–Crippen LogP) is 3.95. The lowest BCUT2D eigenvalue weighted by Crippen LogP contribution is -2.12. The van der Waals surface area contributed by atoms with Gasteiger partial charge in [0, 0.05) is 10.8 Å². The molecule has 2 aromatic carbocycles. The van der Waals surface area contributed by atoms with Gasteiger partial charge in [0.05, 0.1) is 22.7 Å². The highest BCUT2D eigenvalue weighted by Gasteiger charge is 2.17. The maximum atomic E-state index is 12.4. The minimum atomic E-state index is -0.296. The number of hydrogen-bond donors (Lipinski definition) is 0. The average Bonchev–Trinajstić information content (AvgIpc) is 2.43. The van der Waals surface area contributed by atoms with Crippen molar-refractivity contribution in [1.82, 2.24) is 4.98 Å². The molecule has 0 unspecified atom stereocenters. The molecule has 20 heavy (non-hydrogen) atoms. The van der Waals surface area contributed by atoms with Crippen LogP contribution in [0.15, 0.2) is 48.5 Å². The summed E-state index contributed by atoms with van der Waals surface area (Å²) >= 11 is 0. The third-order valence-corrected chi connectivity index (χ3v) is 3.13. The second-order valence-electron chi connectivity index (χ2n) is 4.98. The number of carbonyl (C=O) groups is 1. The van der Waals surface area contributed by atoms with Crippen LogP contribution in [-0.4, -0.2) is 17.1 Å². The fourth-order valence-corrected chi connectivity index (χ4v) is 2.33. The van der Waals surface area contributed by atoms with Crippen molar-refractivity contribution in [3.8, 4) is 0 Å². The van der Waals surface area contributed by atoms with Gasteiger partial charge in [0.2, 0.25) is 0 Å². The maximum absolute atomic E-state index is 12.4. The van der Waals surface area contributed by atoms with Crippen LogP contribution >= 0.6 is 0 Å². The number of benzene rings is 2. The highest BCUT2D eigenvalue weighted by molar-refractivity contribution is 6.14. The van der Waals surface area contributed by atoms with Crippen LogP contribution in [0.2, 0.25) is 0 Å². The lowest BCUT2D eigenvalue weighted by Gasteiger charge is -2.12. The van der Waals surface area contributed by atoms with Crippen molar-refractivity contribution in [2.45, 2.75) is 20.0 Å². The minimum Gasteiger partial charge on any atom is -0.459 e. The van der Waals surface area contributed by atoms with Crippen LogP contribution in [0.3, 0.4) is 0 Å². The van der Waals surface area contributed by atoms with Crippen molar-refractivity contribution in [3.63, 3.8) is 0 Å². The molecule has 0 saturated carbocycles. The largest absolute Gasteiger partial charge is 0.459 e. The fourth-order valence-electron chi connectivity index (χ4n) is 2.33. The summed E-state index contributed by atoms with van der Waals surface area (Å²) in [6.45, 7) is 3.70. The molecule has 0 N–H and O–H groups in total. The Balaban J connectivity index is 2.36. The minimum absolute atomic E-state index is 0.145. The summed E-state index contributed by atoms with van der Waals surface area (Å²) < 4.78 is 5.39. The lowest BCUT2D eigenvalue weighted by atomic mass is 10.0. The van der Waals surface area contributed by atoms with Crippen LogP contribution in [-0.2, 0) is 4.74 Å². The Hall–Kier alpha value is -2.42. The van der Waals surface area contributed by atoms with E-state index in [1.165, 1.54) is 0 Å². The van der Waals surface area contributed by atoms with E-state index in [4.69, 9.17) is 4.74 Å². The van der Waals surface area contributed by atoms with E-state index in [2.05, 4.69) is 4.98 Å². The number of rotatable bonds is 2. The van der Waals surface area contributed by atoms with Crippen molar-refractivity contribution in [3.05, 3.63) is 54.1 Å². The van der Waals surface area contributed by atoms with E-state index >= 15 is 0 Å². The van der Waals surface area contributed by atoms with Gasteiger partial charge in [-0.1, -0.05) is 36.4 Å². The van der Waals surface area contributed by atoms with Crippen LogP contribution < -0.4 is 0 Å². The molecule has 100 valence electrons. The number of para-hydroxylation sites is 2. The van der Waals surface area contributed by atoms with Gasteiger partial charge in [-0.25, -0.2) is 9.78 Å². The van der Waals surface area contributed by atoms with Gasteiger partial charge in [0.1, 0.15) is 0 Å². The Morgan fingerprint density at radius 2 is 1.45 bits per heavy atom. The SMILES string of the molecule is CC(C)OC(=O)c1c2ccccc2nc2ccccc12. The fraction of sp³-hybridized carbons (Fsp3) is 0.176. The first-order valence-electron chi connectivity index (χ1n) is 6.65. The summed E-state index contributed by atoms with van der Waals surface area (Å²) in [4.78, 5) is 17.0. The van der Waals surface area contributed by atoms with Gasteiger partial charge in [-0.15, -0.1) is 0 Å². The Labute approximate surface area is 117 Å². The highest BCUT2D eigenvalue weighted by atomic mass is 16.5. The first kappa shape index (κ1) is 12.6. The van der Waals surface area contributed by atoms with Gasteiger partial charge in [0.15, 0.2) is 0 Å². The number of fused-ring (bicyclic) bond motifs is 2. The Morgan fingerprint density at radius 3 is 1.95 bits per heavy atom. The van der Waals surface area contributed by atoms with Gasteiger partial charge in [-0.2, -0.15) is 0 Å². The summed E-state index contributed by atoms with van der Waals surface area (Å²) in [6, 6.07) is 15.3. The van der Waals surface area contributed by atoms with Gasteiger partial charge in [-0.05, 0) is 26.0 Å². The summed E-state index contributed by atoms with van der Waals surface area (Å²) in [5.74, 6) is -0.296. The van der Waals surface area contributed by atoms with Crippen LogP contribution in [0.25, 0.3) is 21.8 Å². The third-order valence-electron chi connectivity index (χ3n) is 3.13. The van der Waals surface area contributed by atoms with E-state index in [0.717, 1.165) is 21.8 Å². The van der Waals surface area contributed by atoms with Crippen LogP contribution in [0.4, 0.5) is 0 Å². The van der Waals surface area contributed by atoms with E-state index in [1.54, 1.807) is 0 Å². The van der Waals surface area contributed by atoms with Gasteiger partial charge >= 0.3 is 5.97 Å². The third kappa shape index (κ3) is 2.11. The molecule has 3 nitrogen and oxygen atoms in total. The monoisotopic (exact) mass is 265 g/mol.